The third-order valence-electron chi connectivity index (χ3n) is 4.65. The van der Waals surface area contributed by atoms with Crippen LogP contribution in [0.2, 0.25) is 0 Å². The molecule has 2 aliphatic rings. The summed E-state index contributed by atoms with van der Waals surface area (Å²) in [4.78, 5) is 14.5. The van der Waals surface area contributed by atoms with Gasteiger partial charge in [-0.1, -0.05) is 19.3 Å². The molecule has 0 atom stereocenters. The molecule has 0 aliphatic heterocycles. The van der Waals surface area contributed by atoms with Crippen LogP contribution < -0.4 is 5.73 Å². The van der Waals surface area contributed by atoms with E-state index in [2.05, 4.69) is 6.07 Å². The van der Waals surface area contributed by atoms with E-state index in [1.807, 2.05) is 4.90 Å². The van der Waals surface area contributed by atoms with Gasteiger partial charge < -0.3 is 10.6 Å². The van der Waals surface area contributed by atoms with Crippen molar-refractivity contribution in [2.75, 3.05) is 13.1 Å². The van der Waals surface area contributed by atoms with Crippen LogP contribution in [0.5, 0.6) is 0 Å². The molecule has 2 N–H and O–H groups in total. The molecule has 1 amide bonds. The topological polar surface area (TPSA) is 70.1 Å². The molecule has 0 spiro atoms. The largest absolute Gasteiger partial charge is 0.339 e. The Morgan fingerprint density at radius 2 is 2.00 bits per heavy atom. The number of nitrogens with two attached hydrogens (primary N) is 1. The highest BCUT2D eigenvalue weighted by atomic mass is 16.2. The molecule has 106 valence electrons. The average molecular weight is 263 g/mol. The molecular formula is C15H25N3O. The fraction of sp³-hybridized carbons (Fsp3) is 0.867. The Bertz CT molecular complexity index is 351. The van der Waals surface area contributed by atoms with Gasteiger partial charge in [0.25, 0.3) is 0 Å². The number of carbonyl (C=O) groups excluding carboxylic acids is 1. The first-order chi connectivity index (χ1) is 9.21. The summed E-state index contributed by atoms with van der Waals surface area (Å²) in [6, 6.07) is 2.55. The van der Waals surface area contributed by atoms with Crippen molar-refractivity contribution in [2.24, 2.45) is 11.1 Å². The minimum atomic E-state index is 0.0368. The van der Waals surface area contributed by atoms with Crippen LogP contribution in [0, 0.1) is 16.7 Å². The minimum absolute atomic E-state index is 0.0368. The van der Waals surface area contributed by atoms with Crippen molar-refractivity contribution in [3.63, 3.8) is 0 Å². The quantitative estimate of drug-likeness (QED) is 0.798. The van der Waals surface area contributed by atoms with Crippen molar-refractivity contribution in [1.82, 2.24) is 4.90 Å². The molecule has 0 unspecified atom stereocenters. The van der Waals surface area contributed by atoms with Crippen molar-refractivity contribution in [2.45, 2.75) is 63.8 Å². The van der Waals surface area contributed by atoms with E-state index in [-0.39, 0.29) is 11.3 Å². The lowest BCUT2D eigenvalue weighted by Gasteiger charge is -2.37. The van der Waals surface area contributed by atoms with Gasteiger partial charge in [-0.3, -0.25) is 4.79 Å². The van der Waals surface area contributed by atoms with Crippen LogP contribution in [0.3, 0.4) is 0 Å². The first kappa shape index (κ1) is 14.3. The Morgan fingerprint density at radius 3 is 2.53 bits per heavy atom. The Morgan fingerprint density at radius 1 is 1.32 bits per heavy atom. The van der Waals surface area contributed by atoms with E-state index in [1.54, 1.807) is 0 Å². The van der Waals surface area contributed by atoms with Crippen molar-refractivity contribution in [1.29, 1.82) is 5.26 Å². The smallest absolute Gasteiger partial charge is 0.223 e. The SMILES string of the molecule is N#CCCN(C(=O)CC1(CN)CCCCC1)C1CC1. The van der Waals surface area contributed by atoms with Crippen LogP contribution in [0.4, 0.5) is 0 Å². The van der Waals surface area contributed by atoms with E-state index >= 15 is 0 Å². The maximum atomic E-state index is 12.5. The summed E-state index contributed by atoms with van der Waals surface area (Å²) in [5.74, 6) is 0.227. The number of rotatable bonds is 6. The highest BCUT2D eigenvalue weighted by molar-refractivity contribution is 5.77. The Labute approximate surface area is 115 Å². The Hall–Kier alpha value is -1.08. The maximum absolute atomic E-state index is 12.5. The van der Waals surface area contributed by atoms with Crippen LogP contribution in [0.25, 0.3) is 0 Å². The van der Waals surface area contributed by atoms with Crippen LogP contribution in [-0.4, -0.2) is 29.9 Å². The fourth-order valence-corrected chi connectivity index (χ4v) is 3.24. The predicted octanol–water partition coefficient (Wildman–Crippen LogP) is 2.19. The molecule has 4 nitrogen and oxygen atoms in total. The zero-order valence-corrected chi connectivity index (χ0v) is 11.7. The molecule has 0 aromatic heterocycles. The van der Waals surface area contributed by atoms with Crippen LogP contribution in [-0.2, 0) is 4.79 Å². The summed E-state index contributed by atoms with van der Waals surface area (Å²) in [5, 5.41) is 8.71. The van der Waals surface area contributed by atoms with Gasteiger partial charge in [0, 0.05) is 19.0 Å². The van der Waals surface area contributed by atoms with Crippen molar-refractivity contribution >= 4 is 5.91 Å². The zero-order valence-electron chi connectivity index (χ0n) is 11.7. The molecule has 4 heteroatoms. The van der Waals surface area contributed by atoms with Crippen molar-refractivity contribution in [3.05, 3.63) is 0 Å². The van der Waals surface area contributed by atoms with Crippen LogP contribution in [0.15, 0.2) is 0 Å². The molecule has 0 saturated heterocycles. The molecule has 2 saturated carbocycles. The number of hydrogen-bond acceptors (Lipinski definition) is 3. The van der Waals surface area contributed by atoms with Crippen LogP contribution >= 0.6 is 0 Å². The molecule has 0 radical (unpaired) electrons. The summed E-state index contributed by atoms with van der Waals surface area (Å²) in [7, 11) is 0. The lowest BCUT2D eigenvalue weighted by Crippen LogP contribution is -2.41. The summed E-state index contributed by atoms with van der Waals surface area (Å²) in [6.07, 6.45) is 9.09. The number of hydrogen-bond donors (Lipinski definition) is 1. The molecule has 0 aromatic carbocycles. The lowest BCUT2D eigenvalue weighted by atomic mass is 9.71. The first-order valence-corrected chi connectivity index (χ1v) is 7.57. The zero-order chi connectivity index (χ0) is 13.7. The fourth-order valence-electron chi connectivity index (χ4n) is 3.24. The van der Waals surface area contributed by atoms with Gasteiger partial charge in [0.05, 0.1) is 12.5 Å². The second-order valence-corrected chi connectivity index (χ2v) is 6.17. The molecule has 0 bridgehead atoms. The highest BCUT2D eigenvalue weighted by Gasteiger charge is 2.38. The van der Waals surface area contributed by atoms with Gasteiger partial charge in [0.2, 0.25) is 5.91 Å². The standard InChI is InChI=1S/C15H25N3O/c16-9-4-10-18(13-5-6-13)14(19)11-15(12-17)7-2-1-3-8-15/h13H,1-8,10-12,17H2. The predicted molar refractivity (Wildman–Crippen MR) is 74.2 cm³/mol. The second-order valence-electron chi connectivity index (χ2n) is 6.17. The molecule has 0 heterocycles. The molecular weight excluding hydrogens is 238 g/mol. The maximum Gasteiger partial charge on any atom is 0.223 e. The van der Waals surface area contributed by atoms with Gasteiger partial charge in [-0.05, 0) is 37.6 Å². The van der Waals surface area contributed by atoms with Crippen molar-refractivity contribution in [3.8, 4) is 6.07 Å². The minimum Gasteiger partial charge on any atom is -0.339 e. The third kappa shape index (κ3) is 3.70. The Kier molecular flexibility index (Phi) is 4.81. The van der Waals surface area contributed by atoms with Gasteiger partial charge in [-0.2, -0.15) is 5.26 Å². The number of nitrogens with zero attached hydrogens (tertiary/aromatic N) is 2. The Balaban J connectivity index is 1.94. The number of amides is 1. The normalized spacial score (nSPS) is 21.7. The first-order valence-electron chi connectivity index (χ1n) is 7.57. The van der Waals surface area contributed by atoms with E-state index in [4.69, 9.17) is 11.0 Å². The van der Waals surface area contributed by atoms with Crippen molar-refractivity contribution < 1.29 is 4.79 Å². The number of carbonyl (C=O) groups is 1. The van der Waals surface area contributed by atoms with E-state index in [0.29, 0.717) is 32.0 Å². The van der Waals surface area contributed by atoms with Gasteiger partial charge >= 0.3 is 0 Å². The van der Waals surface area contributed by atoms with Gasteiger partial charge in [0.15, 0.2) is 0 Å². The van der Waals surface area contributed by atoms with Gasteiger partial charge in [-0.25, -0.2) is 0 Å². The third-order valence-corrected chi connectivity index (χ3v) is 4.65. The second kappa shape index (κ2) is 6.38. The van der Waals surface area contributed by atoms with E-state index in [9.17, 15) is 4.79 Å². The van der Waals surface area contributed by atoms with Crippen LogP contribution in [0.1, 0.15) is 57.8 Å². The summed E-state index contributed by atoms with van der Waals surface area (Å²) >= 11 is 0. The van der Waals surface area contributed by atoms with E-state index < -0.39 is 0 Å². The lowest BCUT2D eigenvalue weighted by molar-refractivity contribution is -0.134. The van der Waals surface area contributed by atoms with E-state index in [1.165, 1.54) is 19.3 Å². The molecule has 0 aromatic rings. The molecule has 19 heavy (non-hydrogen) atoms. The molecule has 2 fully saturated rings. The average Bonchev–Trinajstić information content (AvgIpc) is 3.25. The van der Waals surface area contributed by atoms with Gasteiger partial charge in [0.1, 0.15) is 0 Å². The monoisotopic (exact) mass is 263 g/mol. The van der Waals surface area contributed by atoms with E-state index in [0.717, 1.165) is 25.7 Å². The summed E-state index contributed by atoms with van der Waals surface area (Å²) < 4.78 is 0. The van der Waals surface area contributed by atoms with Gasteiger partial charge in [-0.15, -0.1) is 0 Å². The summed E-state index contributed by atoms with van der Waals surface area (Å²) in [5.41, 5.74) is 5.99. The molecule has 2 rings (SSSR count). The molecule has 2 aliphatic carbocycles. The summed E-state index contributed by atoms with van der Waals surface area (Å²) in [6.45, 7) is 1.22. The number of nitriles is 1. The highest BCUT2D eigenvalue weighted by Crippen LogP contribution is 2.39.